The molecule has 0 aliphatic carbocycles. The van der Waals surface area contributed by atoms with Crippen LogP contribution in [0.3, 0.4) is 0 Å². The van der Waals surface area contributed by atoms with Gasteiger partial charge in [0, 0.05) is 30.2 Å². The molecule has 0 saturated carbocycles. The van der Waals surface area contributed by atoms with Crippen molar-refractivity contribution in [2.24, 2.45) is 0 Å². The molecule has 2 saturated heterocycles. The normalized spacial score (nSPS) is 25.7. The van der Waals surface area contributed by atoms with Gasteiger partial charge in [-0.3, -0.25) is 9.69 Å². The van der Waals surface area contributed by atoms with Gasteiger partial charge in [0.15, 0.2) is 0 Å². The predicted molar refractivity (Wildman–Crippen MR) is 100 cm³/mol. The standard InChI is InChI=1S/C22H25FN2O/c23-18-11-9-17(10-12-18)22(26)24-19-13-20-7-4-8-21(14-19)25(20)15-16-5-2-1-3-6-16/h1-3,5-6,9-12,19-21H,4,7-8,13-15H2,(H,24,26)/t19?,20-,21+. The van der Waals surface area contributed by atoms with Gasteiger partial charge in [0.05, 0.1) is 0 Å². The SMILES string of the molecule is O=C(NC1C[C@H]2CCC[C@@H](C1)N2Cc1ccccc1)c1ccc(F)cc1. The lowest BCUT2D eigenvalue weighted by molar-refractivity contribution is 0.0177. The third kappa shape index (κ3) is 3.80. The Labute approximate surface area is 154 Å². The van der Waals surface area contributed by atoms with Gasteiger partial charge in [-0.1, -0.05) is 36.8 Å². The van der Waals surface area contributed by atoms with E-state index in [0.717, 1.165) is 19.4 Å². The largest absolute Gasteiger partial charge is 0.349 e. The van der Waals surface area contributed by atoms with Crippen LogP contribution >= 0.6 is 0 Å². The molecule has 2 bridgehead atoms. The summed E-state index contributed by atoms with van der Waals surface area (Å²) in [6.45, 7) is 0.995. The highest BCUT2D eigenvalue weighted by Crippen LogP contribution is 2.35. The molecule has 0 radical (unpaired) electrons. The highest BCUT2D eigenvalue weighted by atomic mass is 19.1. The summed E-state index contributed by atoms with van der Waals surface area (Å²) in [6.07, 6.45) is 5.67. The Hall–Kier alpha value is -2.20. The Morgan fingerprint density at radius 3 is 2.31 bits per heavy atom. The van der Waals surface area contributed by atoms with Gasteiger partial charge in [0.1, 0.15) is 5.82 Å². The molecule has 2 aliphatic rings. The van der Waals surface area contributed by atoms with Crippen LogP contribution in [-0.4, -0.2) is 28.9 Å². The molecule has 2 heterocycles. The van der Waals surface area contributed by atoms with Crippen LogP contribution in [0, 0.1) is 5.82 Å². The number of hydrogen-bond donors (Lipinski definition) is 1. The average molecular weight is 352 g/mol. The molecule has 1 unspecified atom stereocenters. The third-order valence-electron chi connectivity index (χ3n) is 5.78. The first-order valence-electron chi connectivity index (χ1n) is 9.55. The van der Waals surface area contributed by atoms with Crippen LogP contribution in [0.4, 0.5) is 4.39 Å². The molecule has 2 fully saturated rings. The van der Waals surface area contributed by atoms with Crippen LogP contribution in [0.15, 0.2) is 54.6 Å². The minimum Gasteiger partial charge on any atom is -0.349 e. The molecule has 2 aromatic carbocycles. The third-order valence-corrected chi connectivity index (χ3v) is 5.78. The van der Waals surface area contributed by atoms with E-state index in [0.29, 0.717) is 17.6 Å². The highest BCUT2D eigenvalue weighted by molar-refractivity contribution is 5.94. The summed E-state index contributed by atoms with van der Waals surface area (Å²) in [4.78, 5) is 15.1. The maximum absolute atomic E-state index is 13.0. The summed E-state index contributed by atoms with van der Waals surface area (Å²) in [7, 11) is 0. The zero-order valence-corrected chi connectivity index (χ0v) is 14.9. The molecule has 0 aromatic heterocycles. The van der Waals surface area contributed by atoms with Crippen molar-refractivity contribution in [1.82, 2.24) is 10.2 Å². The predicted octanol–water partition coefficient (Wildman–Crippen LogP) is 4.14. The number of nitrogens with zero attached hydrogens (tertiary/aromatic N) is 1. The van der Waals surface area contributed by atoms with Gasteiger partial charge in [0.2, 0.25) is 0 Å². The second-order valence-electron chi connectivity index (χ2n) is 7.55. The number of amides is 1. The molecule has 3 atom stereocenters. The second-order valence-corrected chi connectivity index (χ2v) is 7.55. The van der Waals surface area contributed by atoms with Crippen molar-refractivity contribution in [2.75, 3.05) is 0 Å². The topological polar surface area (TPSA) is 32.3 Å². The summed E-state index contributed by atoms with van der Waals surface area (Å²) in [5, 5.41) is 3.18. The van der Waals surface area contributed by atoms with E-state index in [-0.39, 0.29) is 17.8 Å². The van der Waals surface area contributed by atoms with Crippen molar-refractivity contribution in [1.29, 1.82) is 0 Å². The number of carbonyl (C=O) groups excluding carboxylic acids is 1. The van der Waals surface area contributed by atoms with E-state index in [2.05, 4.69) is 40.5 Å². The number of halogens is 1. The highest BCUT2D eigenvalue weighted by Gasteiger charge is 2.38. The Kier molecular flexibility index (Phi) is 5.02. The Bertz CT molecular complexity index is 732. The lowest BCUT2D eigenvalue weighted by Crippen LogP contribution is -2.56. The molecule has 4 heteroatoms. The van der Waals surface area contributed by atoms with Gasteiger partial charge in [-0.15, -0.1) is 0 Å². The van der Waals surface area contributed by atoms with Gasteiger partial charge in [-0.25, -0.2) is 4.39 Å². The molecule has 0 spiro atoms. The lowest BCUT2D eigenvalue weighted by atomic mass is 9.81. The van der Waals surface area contributed by atoms with E-state index in [1.165, 1.54) is 37.0 Å². The van der Waals surface area contributed by atoms with Crippen LogP contribution in [-0.2, 0) is 6.54 Å². The van der Waals surface area contributed by atoms with Gasteiger partial charge >= 0.3 is 0 Å². The van der Waals surface area contributed by atoms with E-state index in [4.69, 9.17) is 0 Å². The summed E-state index contributed by atoms with van der Waals surface area (Å²) < 4.78 is 13.0. The van der Waals surface area contributed by atoms with Crippen LogP contribution in [0.1, 0.15) is 48.0 Å². The summed E-state index contributed by atoms with van der Waals surface area (Å²) in [5.74, 6) is -0.408. The zero-order valence-electron chi connectivity index (χ0n) is 14.9. The van der Waals surface area contributed by atoms with E-state index in [9.17, 15) is 9.18 Å². The summed E-state index contributed by atoms with van der Waals surface area (Å²) in [5.41, 5.74) is 1.89. The lowest BCUT2D eigenvalue weighted by Gasteiger charge is -2.49. The van der Waals surface area contributed by atoms with Crippen molar-refractivity contribution >= 4 is 5.91 Å². The maximum Gasteiger partial charge on any atom is 0.251 e. The van der Waals surface area contributed by atoms with Crippen molar-refractivity contribution in [3.05, 3.63) is 71.5 Å². The second kappa shape index (κ2) is 7.58. The quantitative estimate of drug-likeness (QED) is 0.897. The van der Waals surface area contributed by atoms with E-state index in [1.807, 2.05) is 0 Å². The van der Waals surface area contributed by atoms with Gasteiger partial charge in [-0.2, -0.15) is 0 Å². The number of fused-ring (bicyclic) bond motifs is 2. The minimum atomic E-state index is -0.315. The van der Waals surface area contributed by atoms with E-state index < -0.39 is 0 Å². The van der Waals surface area contributed by atoms with Gasteiger partial charge < -0.3 is 5.32 Å². The monoisotopic (exact) mass is 352 g/mol. The molecular weight excluding hydrogens is 327 g/mol. The molecule has 4 rings (SSSR count). The Balaban J connectivity index is 1.41. The van der Waals surface area contributed by atoms with Crippen molar-refractivity contribution in [2.45, 2.75) is 56.8 Å². The molecule has 2 aliphatic heterocycles. The number of hydrogen-bond acceptors (Lipinski definition) is 2. The van der Waals surface area contributed by atoms with Crippen LogP contribution in [0.5, 0.6) is 0 Å². The fraction of sp³-hybridized carbons (Fsp3) is 0.409. The summed E-state index contributed by atoms with van der Waals surface area (Å²) >= 11 is 0. The number of rotatable bonds is 4. The number of benzene rings is 2. The number of nitrogens with one attached hydrogen (secondary N) is 1. The first-order valence-corrected chi connectivity index (χ1v) is 9.55. The minimum absolute atomic E-state index is 0.0930. The molecule has 26 heavy (non-hydrogen) atoms. The number of carbonyl (C=O) groups is 1. The van der Waals surface area contributed by atoms with Crippen LogP contribution < -0.4 is 5.32 Å². The molecule has 2 aromatic rings. The molecule has 3 nitrogen and oxygen atoms in total. The van der Waals surface area contributed by atoms with Gasteiger partial charge in [0.25, 0.3) is 5.91 Å². The van der Waals surface area contributed by atoms with Crippen molar-refractivity contribution < 1.29 is 9.18 Å². The zero-order chi connectivity index (χ0) is 17.9. The van der Waals surface area contributed by atoms with Crippen LogP contribution in [0.25, 0.3) is 0 Å². The first-order chi connectivity index (χ1) is 12.7. The summed E-state index contributed by atoms with van der Waals surface area (Å²) in [6, 6.07) is 17.7. The van der Waals surface area contributed by atoms with Crippen LogP contribution in [0.2, 0.25) is 0 Å². The first kappa shape index (κ1) is 17.2. The smallest absolute Gasteiger partial charge is 0.251 e. The number of piperidine rings is 2. The Morgan fingerprint density at radius 2 is 1.65 bits per heavy atom. The maximum atomic E-state index is 13.0. The molecule has 136 valence electrons. The molecular formula is C22H25FN2O. The van der Waals surface area contributed by atoms with Crippen molar-refractivity contribution in [3.63, 3.8) is 0 Å². The van der Waals surface area contributed by atoms with E-state index in [1.54, 1.807) is 12.1 Å². The Morgan fingerprint density at radius 1 is 1.00 bits per heavy atom. The van der Waals surface area contributed by atoms with Gasteiger partial charge in [-0.05, 0) is 55.5 Å². The fourth-order valence-corrected chi connectivity index (χ4v) is 4.52. The average Bonchev–Trinajstić information content (AvgIpc) is 2.64. The fourth-order valence-electron chi connectivity index (χ4n) is 4.52. The molecule has 1 amide bonds. The molecule has 1 N–H and O–H groups in total. The van der Waals surface area contributed by atoms with E-state index >= 15 is 0 Å². The van der Waals surface area contributed by atoms with Crippen molar-refractivity contribution in [3.8, 4) is 0 Å².